The number of halogens is 10. The van der Waals surface area contributed by atoms with Crippen LogP contribution in [-0.2, 0) is 25.5 Å². The molecule has 1 unspecified atom stereocenters. The van der Waals surface area contributed by atoms with Crippen molar-refractivity contribution in [2.75, 3.05) is 11.5 Å². The first kappa shape index (κ1) is 34.4. The second-order valence-corrected chi connectivity index (χ2v) is 10.0. The minimum atomic E-state index is -4.82. The van der Waals surface area contributed by atoms with Crippen molar-refractivity contribution in [2.24, 2.45) is 0 Å². The van der Waals surface area contributed by atoms with E-state index < -0.39 is 54.4 Å². The molecule has 0 amide bonds. The van der Waals surface area contributed by atoms with Crippen LogP contribution >= 0.6 is 0 Å². The number of anilines is 1. The van der Waals surface area contributed by atoms with Crippen LogP contribution in [0, 0.1) is 0 Å². The average Bonchev–Trinajstić information content (AvgIpc) is 2.99. The van der Waals surface area contributed by atoms with E-state index in [1.165, 1.54) is 59.5 Å². The average molecular weight is 662 g/mol. The highest BCUT2D eigenvalue weighted by atomic mass is 19.4. The van der Waals surface area contributed by atoms with Crippen LogP contribution in [-0.4, -0.2) is 24.2 Å². The number of rotatable bonds is 12. The SMILES string of the molecule is OCC(c1ccccc1C(F)(F)F)N(Cc1cccc(OC(F)(F)C(F)F)c1)c1cccc(OCc2cccc(C(F)(F)F)c2)c1. The van der Waals surface area contributed by atoms with Gasteiger partial charge in [-0.1, -0.05) is 48.5 Å². The van der Waals surface area contributed by atoms with Crippen molar-refractivity contribution in [2.45, 2.75) is 44.1 Å². The second kappa shape index (κ2) is 13.9. The number of aliphatic hydroxyl groups is 1. The van der Waals surface area contributed by atoms with Crippen molar-refractivity contribution in [1.82, 2.24) is 0 Å². The van der Waals surface area contributed by atoms with Crippen molar-refractivity contribution in [1.29, 1.82) is 0 Å². The van der Waals surface area contributed by atoms with Crippen LogP contribution in [0.25, 0.3) is 0 Å². The quantitative estimate of drug-likeness (QED) is 0.154. The highest BCUT2D eigenvalue weighted by Gasteiger charge is 2.44. The molecule has 0 fully saturated rings. The number of benzene rings is 4. The van der Waals surface area contributed by atoms with Gasteiger partial charge in [-0.3, -0.25) is 0 Å². The van der Waals surface area contributed by atoms with Crippen molar-refractivity contribution >= 4 is 5.69 Å². The Morgan fingerprint density at radius 1 is 0.674 bits per heavy atom. The molecule has 0 aromatic heterocycles. The van der Waals surface area contributed by atoms with Gasteiger partial charge in [-0.05, 0) is 59.2 Å². The zero-order chi connectivity index (χ0) is 33.7. The number of hydrogen-bond donors (Lipinski definition) is 1. The largest absolute Gasteiger partial charge is 0.489 e. The van der Waals surface area contributed by atoms with E-state index in [2.05, 4.69) is 4.74 Å². The molecule has 0 spiro atoms. The molecule has 0 heterocycles. The van der Waals surface area contributed by atoms with Gasteiger partial charge >= 0.3 is 24.9 Å². The molecule has 0 saturated heterocycles. The van der Waals surface area contributed by atoms with Gasteiger partial charge in [0.2, 0.25) is 0 Å². The Labute approximate surface area is 256 Å². The Balaban J connectivity index is 1.72. The number of nitrogens with zero attached hydrogens (tertiary/aromatic N) is 1. The lowest BCUT2D eigenvalue weighted by Crippen LogP contribution is -2.34. The van der Waals surface area contributed by atoms with Crippen LogP contribution in [0.2, 0.25) is 0 Å². The molecule has 4 aromatic carbocycles. The molecule has 0 aliphatic carbocycles. The third-order valence-corrected chi connectivity index (χ3v) is 6.74. The van der Waals surface area contributed by atoms with Gasteiger partial charge in [0, 0.05) is 18.3 Å². The fourth-order valence-electron chi connectivity index (χ4n) is 4.65. The van der Waals surface area contributed by atoms with Gasteiger partial charge < -0.3 is 19.5 Å². The molecule has 246 valence electrons. The summed E-state index contributed by atoms with van der Waals surface area (Å²) in [6, 6.07) is 17.9. The fourth-order valence-corrected chi connectivity index (χ4v) is 4.65. The van der Waals surface area contributed by atoms with Crippen LogP contribution in [0.15, 0.2) is 97.1 Å². The molecule has 0 aliphatic rings. The van der Waals surface area contributed by atoms with E-state index in [1.807, 2.05) is 0 Å². The van der Waals surface area contributed by atoms with Gasteiger partial charge in [-0.15, -0.1) is 0 Å². The maximum absolute atomic E-state index is 14.0. The third-order valence-electron chi connectivity index (χ3n) is 6.74. The van der Waals surface area contributed by atoms with Crippen molar-refractivity contribution in [3.63, 3.8) is 0 Å². The van der Waals surface area contributed by atoms with Gasteiger partial charge in [-0.2, -0.15) is 43.9 Å². The predicted molar refractivity (Wildman–Crippen MR) is 148 cm³/mol. The van der Waals surface area contributed by atoms with Crippen LogP contribution in [0.4, 0.5) is 49.6 Å². The monoisotopic (exact) mass is 661 g/mol. The molecule has 46 heavy (non-hydrogen) atoms. The molecule has 0 bridgehead atoms. The van der Waals surface area contributed by atoms with Gasteiger partial charge in [0.25, 0.3) is 0 Å². The molecule has 1 N–H and O–H groups in total. The van der Waals surface area contributed by atoms with Gasteiger partial charge in [-0.25, -0.2) is 0 Å². The smallest absolute Gasteiger partial charge is 0.461 e. The number of hydrogen-bond acceptors (Lipinski definition) is 4. The number of ether oxygens (including phenoxy) is 2. The Morgan fingerprint density at radius 3 is 2.00 bits per heavy atom. The first-order chi connectivity index (χ1) is 21.6. The highest BCUT2D eigenvalue weighted by molar-refractivity contribution is 5.54. The van der Waals surface area contributed by atoms with Crippen LogP contribution in [0.5, 0.6) is 11.5 Å². The molecule has 4 rings (SSSR count). The maximum atomic E-state index is 14.0. The Morgan fingerprint density at radius 2 is 1.33 bits per heavy atom. The summed E-state index contributed by atoms with van der Waals surface area (Å²) in [6.07, 6.45) is -18.4. The lowest BCUT2D eigenvalue weighted by Gasteiger charge is -2.35. The van der Waals surface area contributed by atoms with Crippen LogP contribution in [0.1, 0.15) is 33.9 Å². The Hall–Kier alpha value is -4.46. The lowest BCUT2D eigenvalue weighted by molar-refractivity contribution is -0.253. The summed E-state index contributed by atoms with van der Waals surface area (Å²) in [6.45, 7) is -1.50. The van der Waals surface area contributed by atoms with E-state index in [0.717, 1.165) is 42.5 Å². The molecule has 0 aliphatic heterocycles. The summed E-state index contributed by atoms with van der Waals surface area (Å²) in [5, 5.41) is 10.4. The van der Waals surface area contributed by atoms with Crippen LogP contribution < -0.4 is 14.4 Å². The zero-order valence-electron chi connectivity index (χ0n) is 23.5. The molecule has 0 saturated carbocycles. The number of aliphatic hydroxyl groups excluding tert-OH is 1. The first-order valence-electron chi connectivity index (χ1n) is 13.4. The second-order valence-electron chi connectivity index (χ2n) is 10.0. The Bertz CT molecular complexity index is 1610. The predicted octanol–water partition coefficient (Wildman–Crippen LogP) is 9.28. The van der Waals surface area contributed by atoms with Gasteiger partial charge in [0.1, 0.15) is 18.1 Å². The van der Waals surface area contributed by atoms with Gasteiger partial charge in [0.15, 0.2) is 0 Å². The molecule has 14 heteroatoms. The van der Waals surface area contributed by atoms with E-state index in [-0.39, 0.29) is 41.3 Å². The summed E-state index contributed by atoms with van der Waals surface area (Å²) in [7, 11) is 0. The lowest BCUT2D eigenvalue weighted by atomic mass is 9.97. The topological polar surface area (TPSA) is 41.9 Å². The fraction of sp³-hybridized carbons (Fsp3) is 0.250. The highest BCUT2D eigenvalue weighted by Crippen LogP contribution is 2.39. The Kier molecular flexibility index (Phi) is 10.4. The van der Waals surface area contributed by atoms with E-state index in [9.17, 15) is 49.0 Å². The van der Waals surface area contributed by atoms with Crippen molar-refractivity contribution < 1.29 is 58.5 Å². The van der Waals surface area contributed by atoms with Gasteiger partial charge in [0.05, 0.1) is 23.8 Å². The molecule has 0 radical (unpaired) electrons. The minimum Gasteiger partial charge on any atom is -0.489 e. The summed E-state index contributed by atoms with van der Waals surface area (Å²) >= 11 is 0. The summed E-state index contributed by atoms with van der Waals surface area (Å²) in [4.78, 5) is 1.31. The zero-order valence-corrected chi connectivity index (χ0v) is 23.5. The summed E-state index contributed by atoms with van der Waals surface area (Å²) in [5.41, 5.74) is -1.78. The minimum absolute atomic E-state index is 0.106. The molecule has 4 aromatic rings. The normalized spacial score (nSPS) is 13.0. The molecular formula is C32H25F10NO3. The van der Waals surface area contributed by atoms with E-state index in [4.69, 9.17) is 4.74 Å². The molecule has 4 nitrogen and oxygen atoms in total. The first-order valence-corrected chi connectivity index (χ1v) is 13.4. The van der Waals surface area contributed by atoms with E-state index >= 15 is 0 Å². The molecular weight excluding hydrogens is 636 g/mol. The van der Waals surface area contributed by atoms with E-state index in [1.54, 1.807) is 0 Å². The maximum Gasteiger partial charge on any atom is 0.461 e. The summed E-state index contributed by atoms with van der Waals surface area (Å²) < 4.78 is 144. The number of alkyl halides is 10. The van der Waals surface area contributed by atoms with Crippen LogP contribution in [0.3, 0.4) is 0 Å². The summed E-state index contributed by atoms with van der Waals surface area (Å²) in [5.74, 6) is -0.536. The third kappa shape index (κ3) is 8.62. The van der Waals surface area contributed by atoms with Crippen molar-refractivity contribution in [3.8, 4) is 11.5 Å². The standard InChI is InChI=1S/C32H25F10NO3/c33-29(34)32(41,42)46-25-11-4-6-20(15-25)17-43(28(18-44)26-12-1-2-13-27(26)31(38,39)40)23-9-5-10-24(16-23)45-19-21-7-3-8-22(14-21)30(35,36)37/h1-16,28-29,44H,17-19H2. The van der Waals surface area contributed by atoms with Crippen molar-refractivity contribution in [3.05, 3.63) is 125 Å². The van der Waals surface area contributed by atoms with E-state index in [0.29, 0.717) is 0 Å². The molecule has 1 atom stereocenters.